The predicted molar refractivity (Wildman–Crippen MR) is 102 cm³/mol. The molecule has 3 heteroatoms. The number of hydrogen-bond donors (Lipinski definition) is 2. The predicted octanol–water partition coefficient (Wildman–Crippen LogP) is 5.44. The fourth-order valence-corrected chi connectivity index (χ4v) is 2.64. The highest BCUT2D eigenvalue weighted by atomic mass is 16.3. The molecule has 0 aliphatic heterocycles. The molecule has 0 saturated carbocycles. The third-order valence-electron chi connectivity index (χ3n) is 4.15. The molecule has 1 aromatic carbocycles. The van der Waals surface area contributed by atoms with E-state index in [-0.39, 0.29) is 11.7 Å². The zero-order valence-corrected chi connectivity index (χ0v) is 15.1. The molecule has 24 heavy (non-hydrogen) atoms. The summed E-state index contributed by atoms with van der Waals surface area (Å²) in [5.41, 5.74) is 0.905. The summed E-state index contributed by atoms with van der Waals surface area (Å²) >= 11 is 0. The summed E-state index contributed by atoms with van der Waals surface area (Å²) in [7, 11) is 0. The maximum atomic E-state index is 11.7. The molecule has 0 spiro atoms. The third-order valence-corrected chi connectivity index (χ3v) is 4.15. The molecule has 0 atom stereocenters. The van der Waals surface area contributed by atoms with Crippen LogP contribution < -0.4 is 5.32 Å². The van der Waals surface area contributed by atoms with Crippen LogP contribution >= 0.6 is 0 Å². The van der Waals surface area contributed by atoms with Gasteiger partial charge in [0.15, 0.2) is 0 Å². The van der Waals surface area contributed by atoms with Crippen molar-refractivity contribution in [2.45, 2.75) is 71.1 Å². The van der Waals surface area contributed by atoms with E-state index in [9.17, 15) is 9.90 Å². The van der Waals surface area contributed by atoms with Crippen molar-refractivity contribution >= 4 is 12.0 Å². The number of rotatable bonds is 13. The monoisotopic (exact) mass is 331 g/mol. The van der Waals surface area contributed by atoms with Crippen LogP contribution in [0.2, 0.25) is 0 Å². The maximum absolute atomic E-state index is 11.7. The number of amides is 1. The lowest BCUT2D eigenvalue weighted by atomic mass is 10.1. The quantitative estimate of drug-likeness (QED) is 0.373. The van der Waals surface area contributed by atoms with Crippen LogP contribution in [0.4, 0.5) is 0 Å². The average molecular weight is 332 g/mol. The van der Waals surface area contributed by atoms with Gasteiger partial charge in [0.25, 0.3) is 0 Å². The number of carbonyl (C=O) groups is 1. The largest absolute Gasteiger partial charge is 0.508 e. The molecule has 1 rings (SSSR count). The van der Waals surface area contributed by atoms with E-state index in [4.69, 9.17) is 0 Å². The molecule has 2 N–H and O–H groups in total. The molecule has 0 unspecified atom stereocenters. The first-order valence-corrected chi connectivity index (χ1v) is 9.47. The molecule has 0 saturated heterocycles. The van der Waals surface area contributed by atoms with E-state index in [2.05, 4.69) is 12.2 Å². The van der Waals surface area contributed by atoms with Crippen molar-refractivity contribution in [3.8, 4) is 5.75 Å². The van der Waals surface area contributed by atoms with Gasteiger partial charge in [-0.2, -0.15) is 0 Å². The number of phenols is 1. The Morgan fingerprint density at radius 2 is 1.46 bits per heavy atom. The topological polar surface area (TPSA) is 49.3 Å². The second-order valence-corrected chi connectivity index (χ2v) is 6.40. The highest BCUT2D eigenvalue weighted by Crippen LogP contribution is 2.11. The van der Waals surface area contributed by atoms with Gasteiger partial charge in [-0.1, -0.05) is 76.8 Å². The zero-order chi connectivity index (χ0) is 17.5. The van der Waals surface area contributed by atoms with E-state index in [0.717, 1.165) is 18.5 Å². The SMILES string of the molecule is CCCCCCCCCCCCNC(=O)/C=C/c1ccc(O)cc1. The first-order valence-electron chi connectivity index (χ1n) is 9.47. The number of carbonyl (C=O) groups excluding carboxylic acids is 1. The molecular formula is C21H33NO2. The van der Waals surface area contributed by atoms with Crippen LogP contribution in [0.15, 0.2) is 30.3 Å². The Kier molecular flexibility index (Phi) is 11.5. The number of benzene rings is 1. The summed E-state index contributed by atoms with van der Waals surface area (Å²) in [6.45, 7) is 3.00. The number of hydrogen-bond acceptors (Lipinski definition) is 2. The van der Waals surface area contributed by atoms with Gasteiger partial charge < -0.3 is 10.4 Å². The lowest BCUT2D eigenvalue weighted by Gasteiger charge is -2.03. The third kappa shape index (κ3) is 10.9. The molecular weight excluding hydrogens is 298 g/mol. The fourth-order valence-electron chi connectivity index (χ4n) is 2.64. The summed E-state index contributed by atoms with van der Waals surface area (Å²) in [6, 6.07) is 6.78. The van der Waals surface area contributed by atoms with Gasteiger partial charge in [0.2, 0.25) is 5.91 Å². The lowest BCUT2D eigenvalue weighted by molar-refractivity contribution is -0.116. The minimum absolute atomic E-state index is 0.0565. The maximum Gasteiger partial charge on any atom is 0.243 e. The van der Waals surface area contributed by atoms with E-state index >= 15 is 0 Å². The standard InChI is InChI=1S/C21H33NO2/c1-2-3-4-5-6-7-8-9-10-11-18-22-21(24)17-14-19-12-15-20(23)16-13-19/h12-17,23H,2-11,18H2,1H3,(H,22,24)/b17-14+. The summed E-state index contributed by atoms with van der Waals surface area (Å²) in [5, 5.41) is 12.1. The van der Waals surface area contributed by atoms with Crippen LogP contribution in [0.1, 0.15) is 76.7 Å². The summed E-state index contributed by atoms with van der Waals surface area (Å²) in [6.07, 6.45) is 16.3. The Morgan fingerprint density at radius 3 is 2.04 bits per heavy atom. The van der Waals surface area contributed by atoms with Crippen molar-refractivity contribution in [1.29, 1.82) is 0 Å². The van der Waals surface area contributed by atoms with Crippen LogP contribution in [-0.2, 0) is 4.79 Å². The van der Waals surface area contributed by atoms with Gasteiger partial charge in [0.1, 0.15) is 5.75 Å². The number of aromatic hydroxyl groups is 1. The van der Waals surface area contributed by atoms with Gasteiger partial charge in [0, 0.05) is 12.6 Å². The Morgan fingerprint density at radius 1 is 0.917 bits per heavy atom. The van der Waals surface area contributed by atoms with E-state index in [0.29, 0.717) is 0 Å². The Labute approximate surface area is 147 Å². The molecule has 1 aromatic rings. The highest BCUT2D eigenvalue weighted by Gasteiger charge is 1.96. The van der Waals surface area contributed by atoms with Crippen molar-refractivity contribution in [2.24, 2.45) is 0 Å². The molecule has 0 bridgehead atoms. The Bertz CT molecular complexity index is 465. The van der Waals surface area contributed by atoms with E-state index in [1.807, 2.05) is 0 Å². The summed E-state index contributed by atoms with van der Waals surface area (Å²) < 4.78 is 0. The van der Waals surface area contributed by atoms with Crippen molar-refractivity contribution in [2.75, 3.05) is 6.54 Å². The molecule has 0 aliphatic carbocycles. The molecule has 3 nitrogen and oxygen atoms in total. The van der Waals surface area contributed by atoms with Gasteiger partial charge >= 0.3 is 0 Å². The number of nitrogens with one attached hydrogen (secondary N) is 1. The van der Waals surface area contributed by atoms with Crippen LogP contribution in [0.3, 0.4) is 0 Å². The van der Waals surface area contributed by atoms with E-state index < -0.39 is 0 Å². The lowest BCUT2D eigenvalue weighted by Crippen LogP contribution is -2.21. The minimum Gasteiger partial charge on any atom is -0.508 e. The molecule has 0 aromatic heterocycles. The molecule has 0 aliphatic rings. The smallest absolute Gasteiger partial charge is 0.243 e. The fraction of sp³-hybridized carbons (Fsp3) is 0.571. The molecule has 0 radical (unpaired) electrons. The van der Waals surface area contributed by atoms with E-state index in [1.54, 1.807) is 36.4 Å². The average Bonchev–Trinajstić information content (AvgIpc) is 2.59. The zero-order valence-electron chi connectivity index (χ0n) is 15.1. The number of phenolic OH excluding ortho intramolecular Hbond substituents is 1. The van der Waals surface area contributed by atoms with Gasteiger partial charge in [-0.3, -0.25) is 4.79 Å². The molecule has 1 amide bonds. The normalized spacial score (nSPS) is 11.0. The first-order chi connectivity index (χ1) is 11.7. The number of unbranched alkanes of at least 4 members (excludes halogenated alkanes) is 9. The molecule has 0 fully saturated rings. The van der Waals surface area contributed by atoms with Crippen LogP contribution in [0.25, 0.3) is 6.08 Å². The Hall–Kier alpha value is -1.77. The first kappa shape index (κ1) is 20.3. The van der Waals surface area contributed by atoms with Crippen LogP contribution in [0.5, 0.6) is 5.75 Å². The second kappa shape index (κ2) is 13.6. The summed E-state index contributed by atoms with van der Waals surface area (Å²) in [5.74, 6) is 0.177. The van der Waals surface area contributed by atoms with Crippen molar-refractivity contribution in [3.05, 3.63) is 35.9 Å². The minimum atomic E-state index is -0.0565. The van der Waals surface area contributed by atoms with Gasteiger partial charge in [-0.15, -0.1) is 0 Å². The van der Waals surface area contributed by atoms with Crippen molar-refractivity contribution in [1.82, 2.24) is 5.32 Å². The summed E-state index contributed by atoms with van der Waals surface area (Å²) in [4.78, 5) is 11.7. The highest BCUT2D eigenvalue weighted by molar-refractivity contribution is 5.91. The van der Waals surface area contributed by atoms with Crippen LogP contribution in [-0.4, -0.2) is 17.6 Å². The van der Waals surface area contributed by atoms with Gasteiger partial charge in [-0.25, -0.2) is 0 Å². The van der Waals surface area contributed by atoms with Crippen LogP contribution in [0, 0.1) is 0 Å². The van der Waals surface area contributed by atoms with Gasteiger partial charge in [0.05, 0.1) is 0 Å². The van der Waals surface area contributed by atoms with Crippen molar-refractivity contribution < 1.29 is 9.90 Å². The second-order valence-electron chi connectivity index (χ2n) is 6.40. The molecule has 134 valence electrons. The molecule has 0 heterocycles. The van der Waals surface area contributed by atoms with Gasteiger partial charge in [-0.05, 0) is 30.2 Å². The van der Waals surface area contributed by atoms with Crippen molar-refractivity contribution in [3.63, 3.8) is 0 Å². The van der Waals surface area contributed by atoms with E-state index in [1.165, 1.54) is 57.8 Å². The Balaban J connectivity index is 1.95.